The molecule has 0 aromatic carbocycles. The Morgan fingerprint density at radius 3 is 2.67 bits per heavy atom. The van der Waals surface area contributed by atoms with Crippen molar-refractivity contribution in [3.05, 3.63) is 0 Å². The van der Waals surface area contributed by atoms with Gasteiger partial charge in [0.15, 0.2) is 0 Å². The van der Waals surface area contributed by atoms with Crippen molar-refractivity contribution in [3.8, 4) is 0 Å². The average molecular weight is 151 g/mol. The summed E-state index contributed by atoms with van der Waals surface area (Å²) in [6.45, 7) is 1.69. The molecule has 0 aromatic heterocycles. The molecule has 0 aliphatic rings. The SMILES string of the molecule is C[C@H](CCCCl)C(=O)O. The molecule has 0 spiro atoms. The van der Waals surface area contributed by atoms with Crippen molar-refractivity contribution in [3.63, 3.8) is 0 Å². The van der Waals surface area contributed by atoms with Crippen LogP contribution in [0.15, 0.2) is 0 Å². The van der Waals surface area contributed by atoms with Gasteiger partial charge in [0.2, 0.25) is 0 Å². The summed E-state index contributed by atoms with van der Waals surface area (Å²) < 4.78 is 0. The lowest BCUT2D eigenvalue weighted by Crippen LogP contribution is -2.08. The highest BCUT2D eigenvalue weighted by Gasteiger charge is 2.08. The minimum atomic E-state index is -0.736. The zero-order valence-corrected chi connectivity index (χ0v) is 6.19. The maximum Gasteiger partial charge on any atom is 0.306 e. The van der Waals surface area contributed by atoms with Crippen molar-refractivity contribution in [2.24, 2.45) is 5.92 Å². The van der Waals surface area contributed by atoms with Gasteiger partial charge in [-0.3, -0.25) is 4.79 Å². The van der Waals surface area contributed by atoms with Crippen molar-refractivity contribution in [1.82, 2.24) is 0 Å². The summed E-state index contributed by atoms with van der Waals surface area (Å²) in [4.78, 5) is 10.2. The maximum absolute atomic E-state index is 10.2. The highest BCUT2D eigenvalue weighted by atomic mass is 35.5. The predicted molar refractivity (Wildman–Crippen MR) is 36.8 cm³/mol. The standard InChI is InChI=1S/C6H11ClO2/c1-5(6(8)9)3-2-4-7/h5H,2-4H2,1H3,(H,8,9)/t5-/m1/s1. The van der Waals surface area contributed by atoms with Gasteiger partial charge >= 0.3 is 5.97 Å². The molecule has 0 saturated heterocycles. The number of carboxylic acids is 1. The summed E-state index contributed by atoms with van der Waals surface area (Å²) in [7, 11) is 0. The summed E-state index contributed by atoms with van der Waals surface area (Å²) in [5, 5.41) is 8.37. The van der Waals surface area contributed by atoms with E-state index in [9.17, 15) is 4.79 Å². The molecule has 0 radical (unpaired) electrons. The molecule has 0 fully saturated rings. The summed E-state index contributed by atoms with van der Waals surface area (Å²) in [5.41, 5.74) is 0. The number of hydrogen-bond acceptors (Lipinski definition) is 1. The molecule has 2 nitrogen and oxygen atoms in total. The molecule has 0 unspecified atom stereocenters. The lowest BCUT2D eigenvalue weighted by Gasteiger charge is -2.01. The van der Waals surface area contributed by atoms with Gasteiger partial charge < -0.3 is 5.11 Å². The largest absolute Gasteiger partial charge is 0.481 e. The van der Waals surface area contributed by atoms with Crippen LogP contribution >= 0.6 is 11.6 Å². The highest BCUT2D eigenvalue weighted by molar-refractivity contribution is 6.17. The van der Waals surface area contributed by atoms with Crippen molar-refractivity contribution in [1.29, 1.82) is 0 Å². The van der Waals surface area contributed by atoms with Gasteiger partial charge in [0.05, 0.1) is 5.92 Å². The Bertz CT molecular complexity index is 93.1. The normalized spacial score (nSPS) is 13.1. The lowest BCUT2D eigenvalue weighted by atomic mass is 10.1. The Morgan fingerprint density at radius 1 is 1.78 bits per heavy atom. The van der Waals surface area contributed by atoms with E-state index in [4.69, 9.17) is 16.7 Å². The van der Waals surface area contributed by atoms with E-state index in [0.717, 1.165) is 6.42 Å². The molecule has 1 N–H and O–H groups in total. The topological polar surface area (TPSA) is 37.3 Å². The van der Waals surface area contributed by atoms with E-state index in [0.29, 0.717) is 12.3 Å². The molecule has 0 aromatic rings. The fraction of sp³-hybridized carbons (Fsp3) is 0.833. The molecule has 0 aliphatic carbocycles. The fourth-order valence-corrected chi connectivity index (χ4v) is 0.661. The number of aliphatic carboxylic acids is 1. The van der Waals surface area contributed by atoms with Crippen LogP contribution < -0.4 is 0 Å². The number of alkyl halides is 1. The molecule has 3 heteroatoms. The van der Waals surface area contributed by atoms with Crippen LogP contribution in [0, 0.1) is 5.92 Å². The van der Waals surface area contributed by atoms with Crippen molar-refractivity contribution < 1.29 is 9.90 Å². The van der Waals surface area contributed by atoms with E-state index in [-0.39, 0.29) is 5.92 Å². The van der Waals surface area contributed by atoms with Crippen molar-refractivity contribution in [2.45, 2.75) is 19.8 Å². The van der Waals surface area contributed by atoms with E-state index >= 15 is 0 Å². The van der Waals surface area contributed by atoms with Gasteiger partial charge in [-0.25, -0.2) is 0 Å². The first-order valence-electron chi connectivity index (χ1n) is 2.97. The zero-order chi connectivity index (χ0) is 7.28. The Balaban J connectivity index is 3.27. The molecule has 0 bridgehead atoms. The number of hydrogen-bond donors (Lipinski definition) is 1. The second-order valence-corrected chi connectivity index (χ2v) is 2.45. The van der Waals surface area contributed by atoms with Gasteiger partial charge in [-0.15, -0.1) is 11.6 Å². The first-order valence-corrected chi connectivity index (χ1v) is 3.50. The van der Waals surface area contributed by atoms with Crippen LogP contribution in [-0.2, 0) is 4.79 Å². The molecule has 0 amide bonds. The predicted octanol–water partition coefficient (Wildman–Crippen LogP) is 1.73. The Labute approximate surface area is 59.8 Å². The fourth-order valence-electron chi connectivity index (χ4n) is 0.507. The first-order chi connectivity index (χ1) is 4.18. The molecular formula is C6H11ClO2. The van der Waals surface area contributed by atoms with Crippen LogP contribution in [0.2, 0.25) is 0 Å². The Morgan fingerprint density at radius 2 is 2.33 bits per heavy atom. The molecule has 0 rings (SSSR count). The third kappa shape index (κ3) is 4.28. The van der Waals surface area contributed by atoms with Gasteiger partial charge in [0.25, 0.3) is 0 Å². The van der Waals surface area contributed by atoms with Gasteiger partial charge in [-0.2, -0.15) is 0 Å². The minimum absolute atomic E-state index is 0.247. The van der Waals surface area contributed by atoms with E-state index in [1.165, 1.54) is 0 Å². The second kappa shape index (κ2) is 4.62. The van der Waals surface area contributed by atoms with Crippen LogP contribution in [0.25, 0.3) is 0 Å². The van der Waals surface area contributed by atoms with Crippen LogP contribution in [0.1, 0.15) is 19.8 Å². The third-order valence-electron chi connectivity index (χ3n) is 1.19. The van der Waals surface area contributed by atoms with Gasteiger partial charge in [-0.1, -0.05) is 6.92 Å². The van der Waals surface area contributed by atoms with Gasteiger partial charge in [0.1, 0.15) is 0 Å². The lowest BCUT2D eigenvalue weighted by molar-refractivity contribution is -0.141. The summed E-state index contributed by atoms with van der Waals surface area (Å²) in [6, 6.07) is 0. The highest BCUT2D eigenvalue weighted by Crippen LogP contribution is 2.05. The van der Waals surface area contributed by atoms with Crippen LogP contribution in [0.3, 0.4) is 0 Å². The monoisotopic (exact) mass is 150 g/mol. The van der Waals surface area contributed by atoms with E-state index in [1.807, 2.05) is 0 Å². The van der Waals surface area contributed by atoms with Crippen molar-refractivity contribution >= 4 is 17.6 Å². The van der Waals surface area contributed by atoms with Crippen molar-refractivity contribution in [2.75, 3.05) is 5.88 Å². The summed E-state index contributed by atoms with van der Waals surface area (Å²) in [6.07, 6.45) is 1.47. The molecule has 54 valence electrons. The van der Waals surface area contributed by atoms with E-state index in [1.54, 1.807) is 6.92 Å². The smallest absolute Gasteiger partial charge is 0.306 e. The molecule has 1 atom stereocenters. The number of carbonyl (C=O) groups is 1. The first kappa shape index (κ1) is 8.76. The van der Waals surface area contributed by atoms with Gasteiger partial charge in [0, 0.05) is 5.88 Å². The van der Waals surface area contributed by atoms with E-state index < -0.39 is 5.97 Å². The number of carboxylic acid groups (broad SMARTS) is 1. The quantitative estimate of drug-likeness (QED) is 0.620. The number of rotatable bonds is 4. The van der Waals surface area contributed by atoms with E-state index in [2.05, 4.69) is 0 Å². The molecule has 0 heterocycles. The Kier molecular flexibility index (Phi) is 4.50. The Hall–Kier alpha value is -0.240. The van der Waals surface area contributed by atoms with Crippen LogP contribution in [0.4, 0.5) is 0 Å². The zero-order valence-electron chi connectivity index (χ0n) is 5.43. The third-order valence-corrected chi connectivity index (χ3v) is 1.46. The van der Waals surface area contributed by atoms with Crippen LogP contribution in [0.5, 0.6) is 0 Å². The van der Waals surface area contributed by atoms with Gasteiger partial charge in [-0.05, 0) is 12.8 Å². The van der Waals surface area contributed by atoms with Crippen LogP contribution in [-0.4, -0.2) is 17.0 Å². The summed E-state index contributed by atoms with van der Waals surface area (Å²) >= 11 is 5.36. The molecule has 0 aliphatic heterocycles. The maximum atomic E-state index is 10.2. The molecule has 0 saturated carbocycles. The molecule has 9 heavy (non-hydrogen) atoms. The molecular weight excluding hydrogens is 140 g/mol. The second-order valence-electron chi connectivity index (χ2n) is 2.07. The average Bonchev–Trinajstić information content (AvgIpc) is 1.82. The minimum Gasteiger partial charge on any atom is -0.481 e. The summed E-state index contributed by atoms with van der Waals surface area (Å²) in [5.74, 6) is -0.429. The number of halogens is 1.